The van der Waals surface area contributed by atoms with Gasteiger partial charge in [-0.2, -0.15) is 13.2 Å². The highest BCUT2D eigenvalue weighted by Crippen LogP contribution is 2.37. The molecule has 1 heterocycles. The van der Waals surface area contributed by atoms with Gasteiger partial charge in [0.1, 0.15) is 5.75 Å². The number of hydrogen-bond donors (Lipinski definition) is 1. The predicted molar refractivity (Wildman–Crippen MR) is 96.0 cm³/mol. The van der Waals surface area contributed by atoms with E-state index in [4.69, 9.17) is 4.74 Å². The zero-order valence-corrected chi connectivity index (χ0v) is 14.9. The molecule has 0 bridgehead atoms. The first-order chi connectivity index (χ1) is 12.3. The van der Waals surface area contributed by atoms with Crippen molar-refractivity contribution in [3.05, 3.63) is 48.0 Å². The van der Waals surface area contributed by atoms with E-state index in [0.29, 0.717) is 17.2 Å². The van der Waals surface area contributed by atoms with Crippen molar-refractivity contribution in [1.82, 2.24) is 0 Å². The summed E-state index contributed by atoms with van der Waals surface area (Å²) < 4.78 is 44.7. The van der Waals surface area contributed by atoms with Crippen molar-refractivity contribution >= 4 is 29.0 Å². The fourth-order valence-electron chi connectivity index (χ4n) is 2.56. The van der Waals surface area contributed by atoms with Crippen molar-refractivity contribution < 1.29 is 22.7 Å². The zero-order valence-electron chi connectivity index (χ0n) is 14.1. The summed E-state index contributed by atoms with van der Waals surface area (Å²) in [6.07, 6.45) is -5.26. The van der Waals surface area contributed by atoms with E-state index in [-0.39, 0.29) is 5.69 Å². The van der Waals surface area contributed by atoms with Gasteiger partial charge in [-0.05, 0) is 30.3 Å². The van der Waals surface area contributed by atoms with E-state index >= 15 is 0 Å². The van der Waals surface area contributed by atoms with E-state index in [1.807, 2.05) is 12.1 Å². The Labute approximate surface area is 153 Å². The fraction of sp³-hybridized carbons (Fsp3) is 0.278. The molecule has 0 radical (unpaired) electrons. The van der Waals surface area contributed by atoms with Crippen LogP contribution in [0.5, 0.6) is 5.75 Å². The number of hydrogen-bond acceptors (Lipinski definition) is 4. The van der Waals surface area contributed by atoms with Crippen molar-refractivity contribution in [1.29, 1.82) is 0 Å². The molecule has 1 amide bonds. The lowest BCUT2D eigenvalue weighted by atomic mass is 10.1. The van der Waals surface area contributed by atoms with Crippen molar-refractivity contribution in [3.63, 3.8) is 0 Å². The van der Waals surface area contributed by atoms with Crippen LogP contribution in [0.15, 0.2) is 47.4 Å². The smallest absolute Gasteiger partial charge is 0.416 e. The third-order valence-corrected chi connectivity index (χ3v) is 4.98. The van der Waals surface area contributed by atoms with Crippen LogP contribution in [0.4, 0.5) is 24.5 Å². The van der Waals surface area contributed by atoms with Crippen LogP contribution in [0.1, 0.15) is 5.56 Å². The summed E-state index contributed by atoms with van der Waals surface area (Å²) in [5, 5.41) is 2.59. The zero-order chi connectivity index (χ0) is 18.9. The monoisotopic (exact) mass is 382 g/mol. The van der Waals surface area contributed by atoms with Gasteiger partial charge in [-0.1, -0.05) is 12.1 Å². The maximum Gasteiger partial charge on any atom is 0.416 e. The molecule has 0 saturated heterocycles. The summed E-state index contributed by atoms with van der Waals surface area (Å²) >= 11 is 1.48. The van der Waals surface area contributed by atoms with Gasteiger partial charge in [-0.15, -0.1) is 11.8 Å². The molecule has 0 saturated carbocycles. The third-order valence-electron chi connectivity index (χ3n) is 3.86. The van der Waals surface area contributed by atoms with E-state index in [2.05, 4.69) is 5.32 Å². The normalized spacial score (nSPS) is 16.4. The molecule has 1 aliphatic heterocycles. The first kappa shape index (κ1) is 18.4. The number of carbonyl (C=O) groups is 1. The number of rotatable bonds is 3. The lowest BCUT2D eigenvalue weighted by molar-refractivity contribution is -0.137. The Morgan fingerprint density at radius 3 is 2.65 bits per heavy atom. The van der Waals surface area contributed by atoms with Crippen molar-refractivity contribution in [2.45, 2.75) is 17.2 Å². The SMILES string of the molecule is CN(C)c1ccc(C(F)(F)F)cc1NC(=O)[C@@H]1CSc2ccccc2O1. The molecule has 4 nitrogen and oxygen atoms in total. The molecule has 1 N–H and O–H groups in total. The molecular formula is C18H17F3N2O2S. The molecule has 1 atom stereocenters. The molecule has 0 fully saturated rings. The molecule has 8 heteroatoms. The number of amides is 1. The van der Waals surface area contributed by atoms with Gasteiger partial charge in [-0.3, -0.25) is 4.79 Å². The van der Waals surface area contributed by atoms with Crippen LogP contribution >= 0.6 is 11.8 Å². The highest BCUT2D eigenvalue weighted by molar-refractivity contribution is 7.99. The van der Waals surface area contributed by atoms with E-state index in [0.717, 1.165) is 17.0 Å². The molecule has 0 aromatic heterocycles. The van der Waals surface area contributed by atoms with Gasteiger partial charge < -0.3 is 15.0 Å². The van der Waals surface area contributed by atoms with Gasteiger partial charge in [0.05, 0.1) is 16.9 Å². The van der Waals surface area contributed by atoms with Crippen LogP contribution in [-0.4, -0.2) is 31.9 Å². The Morgan fingerprint density at radius 2 is 1.96 bits per heavy atom. The standard InChI is InChI=1S/C18H17F3N2O2S/c1-23(2)13-8-7-11(18(19,20)21)9-12(13)22-17(24)15-10-26-16-6-4-3-5-14(16)25-15/h3-9,15H,10H2,1-2H3,(H,22,24)/t15-/m0/s1. The molecule has 2 aromatic rings. The minimum absolute atomic E-state index is 0.0993. The van der Waals surface area contributed by atoms with Crippen LogP contribution < -0.4 is 15.0 Å². The first-order valence-corrected chi connectivity index (χ1v) is 8.82. The average molecular weight is 382 g/mol. The Balaban J connectivity index is 1.83. The fourth-order valence-corrected chi connectivity index (χ4v) is 3.55. The summed E-state index contributed by atoms with van der Waals surface area (Å²) in [6.45, 7) is 0. The van der Waals surface area contributed by atoms with Crippen molar-refractivity contribution in [2.75, 3.05) is 30.1 Å². The number of carbonyl (C=O) groups excluding carboxylic acids is 1. The minimum atomic E-state index is -4.49. The Kier molecular flexibility index (Phi) is 5.04. The number of para-hydroxylation sites is 1. The maximum atomic E-state index is 13.0. The second kappa shape index (κ2) is 7.11. The van der Waals surface area contributed by atoms with Crippen LogP contribution in [0.2, 0.25) is 0 Å². The van der Waals surface area contributed by atoms with Gasteiger partial charge in [0.2, 0.25) is 0 Å². The number of ether oxygens (including phenoxy) is 1. The van der Waals surface area contributed by atoms with E-state index in [1.165, 1.54) is 17.8 Å². The Bertz CT molecular complexity index is 824. The van der Waals surface area contributed by atoms with E-state index in [1.54, 1.807) is 31.1 Å². The number of alkyl halides is 3. The van der Waals surface area contributed by atoms with Crippen LogP contribution in [0.3, 0.4) is 0 Å². The highest BCUT2D eigenvalue weighted by atomic mass is 32.2. The summed E-state index contributed by atoms with van der Waals surface area (Å²) in [4.78, 5) is 15.1. The lowest BCUT2D eigenvalue weighted by Crippen LogP contribution is -2.37. The largest absolute Gasteiger partial charge is 0.479 e. The van der Waals surface area contributed by atoms with Crippen molar-refractivity contribution in [2.24, 2.45) is 0 Å². The van der Waals surface area contributed by atoms with Gasteiger partial charge in [0.15, 0.2) is 6.10 Å². The molecule has 138 valence electrons. The molecular weight excluding hydrogens is 365 g/mol. The second-order valence-corrected chi connectivity index (χ2v) is 7.04. The second-order valence-electron chi connectivity index (χ2n) is 5.98. The quantitative estimate of drug-likeness (QED) is 0.861. The topological polar surface area (TPSA) is 41.6 Å². The van der Waals surface area contributed by atoms with Gasteiger partial charge in [0, 0.05) is 24.7 Å². The molecule has 3 rings (SSSR count). The Hall–Kier alpha value is -2.35. The predicted octanol–water partition coefficient (Wildman–Crippen LogP) is 4.26. The van der Waals surface area contributed by atoms with Crippen molar-refractivity contribution in [3.8, 4) is 5.75 Å². The van der Waals surface area contributed by atoms with Crippen LogP contribution in [-0.2, 0) is 11.0 Å². The van der Waals surface area contributed by atoms with Crippen LogP contribution in [0, 0.1) is 0 Å². The summed E-state index contributed by atoms with van der Waals surface area (Å²) in [6, 6.07) is 10.6. The number of benzene rings is 2. The van der Waals surface area contributed by atoms with Gasteiger partial charge in [0.25, 0.3) is 5.91 Å². The number of fused-ring (bicyclic) bond motifs is 1. The molecule has 26 heavy (non-hydrogen) atoms. The molecule has 0 unspecified atom stereocenters. The maximum absolute atomic E-state index is 13.0. The van der Waals surface area contributed by atoms with Gasteiger partial charge >= 0.3 is 6.18 Å². The lowest BCUT2D eigenvalue weighted by Gasteiger charge is -2.26. The van der Waals surface area contributed by atoms with Crippen LogP contribution in [0.25, 0.3) is 0 Å². The number of anilines is 2. The molecule has 0 spiro atoms. The van der Waals surface area contributed by atoms with E-state index < -0.39 is 23.8 Å². The molecule has 0 aliphatic carbocycles. The number of thioether (sulfide) groups is 1. The molecule has 1 aliphatic rings. The Morgan fingerprint density at radius 1 is 1.23 bits per heavy atom. The minimum Gasteiger partial charge on any atom is -0.479 e. The summed E-state index contributed by atoms with van der Waals surface area (Å²) in [5.41, 5.74) is -0.236. The summed E-state index contributed by atoms with van der Waals surface area (Å²) in [5.74, 6) is 0.509. The number of nitrogens with one attached hydrogen (secondary N) is 1. The molecule has 2 aromatic carbocycles. The third kappa shape index (κ3) is 3.90. The van der Waals surface area contributed by atoms with Gasteiger partial charge in [-0.25, -0.2) is 0 Å². The number of halogens is 3. The summed E-state index contributed by atoms with van der Waals surface area (Å²) in [7, 11) is 3.39. The highest BCUT2D eigenvalue weighted by Gasteiger charge is 2.32. The van der Waals surface area contributed by atoms with E-state index in [9.17, 15) is 18.0 Å². The average Bonchev–Trinajstić information content (AvgIpc) is 2.60. The first-order valence-electron chi connectivity index (χ1n) is 7.83. The number of nitrogens with zero attached hydrogens (tertiary/aromatic N) is 1.